The van der Waals surface area contributed by atoms with Crippen LogP contribution in [0, 0.1) is 0 Å². The maximum atomic E-state index is 10.7. The van der Waals surface area contributed by atoms with Gasteiger partial charge in [0.1, 0.15) is 11.3 Å². The highest BCUT2D eigenvalue weighted by Crippen LogP contribution is 2.25. The number of aromatic carboxylic acids is 1. The van der Waals surface area contributed by atoms with Crippen molar-refractivity contribution in [2.75, 3.05) is 0 Å². The molecule has 0 amide bonds. The predicted octanol–water partition coefficient (Wildman–Crippen LogP) is 2.02. The summed E-state index contributed by atoms with van der Waals surface area (Å²) in [6, 6.07) is 3.10. The van der Waals surface area contributed by atoms with Crippen LogP contribution >= 0.6 is 11.6 Å². The molecular formula is C8H5ClN2O3. The van der Waals surface area contributed by atoms with Crippen LogP contribution in [0.3, 0.4) is 0 Å². The molecule has 6 heteroatoms. The Morgan fingerprint density at radius 3 is 2.93 bits per heavy atom. The Morgan fingerprint density at radius 1 is 1.57 bits per heavy atom. The van der Waals surface area contributed by atoms with E-state index in [1.165, 1.54) is 12.3 Å². The molecule has 0 aliphatic heterocycles. The van der Waals surface area contributed by atoms with Crippen molar-refractivity contribution in [3.8, 4) is 11.5 Å². The van der Waals surface area contributed by atoms with Gasteiger partial charge >= 0.3 is 5.97 Å². The summed E-state index contributed by atoms with van der Waals surface area (Å²) in [6.45, 7) is 0. The number of H-pyrrole nitrogens is 1. The normalized spacial score (nSPS) is 10.4. The van der Waals surface area contributed by atoms with Gasteiger partial charge in [-0.25, -0.2) is 4.79 Å². The highest BCUT2D eigenvalue weighted by molar-refractivity contribution is 6.29. The van der Waals surface area contributed by atoms with E-state index < -0.39 is 5.97 Å². The lowest BCUT2D eigenvalue weighted by Gasteiger charge is -1.93. The Kier molecular flexibility index (Phi) is 2.01. The average molecular weight is 213 g/mol. The van der Waals surface area contributed by atoms with Gasteiger partial charge in [-0.15, -0.1) is 0 Å². The largest absolute Gasteiger partial charge is 0.478 e. The number of nitrogens with one attached hydrogen (secondary N) is 1. The molecule has 2 aromatic heterocycles. The summed E-state index contributed by atoms with van der Waals surface area (Å²) in [5.41, 5.74) is 0.361. The van der Waals surface area contributed by atoms with Crippen LogP contribution in [0.15, 0.2) is 22.7 Å². The molecule has 0 aromatic carbocycles. The minimum atomic E-state index is -1.07. The SMILES string of the molecule is O=C(O)c1cn[nH]c1-c1ccc(Cl)o1. The van der Waals surface area contributed by atoms with Gasteiger partial charge in [0.15, 0.2) is 11.0 Å². The second-order valence-corrected chi connectivity index (χ2v) is 2.94. The molecule has 0 radical (unpaired) electrons. The molecule has 0 unspecified atom stereocenters. The number of halogens is 1. The van der Waals surface area contributed by atoms with Gasteiger partial charge in [0, 0.05) is 0 Å². The lowest BCUT2D eigenvalue weighted by atomic mass is 10.2. The van der Waals surface area contributed by atoms with Crippen LogP contribution in [0.1, 0.15) is 10.4 Å². The predicted molar refractivity (Wildman–Crippen MR) is 48.3 cm³/mol. The second-order valence-electron chi connectivity index (χ2n) is 2.57. The van der Waals surface area contributed by atoms with Gasteiger partial charge in [-0.3, -0.25) is 5.10 Å². The van der Waals surface area contributed by atoms with Crippen molar-refractivity contribution in [3.63, 3.8) is 0 Å². The van der Waals surface area contributed by atoms with Gasteiger partial charge in [0.2, 0.25) is 0 Å². The zero-order chi connectivity index (χ0) is 10.1. The summed E-state index contributed by atoms with van der Waals surface area (Å²) in [5, 5.41) is 15.1. The molecule has 2 N–H and O–H groups in total. The van der Waals surface area contributed by atoms with Gasteiger partial charge in [-0.1, -0.05) is 0 Å². The zero-order valence-electron chi connectivity index (χ0n) is 6.82. The van der Waals surface area contributed by atoms with Crippen molar-refractivity contribution >= 4 is 17.6 Å². The monoisotopic (exact) mass is 212 g/mol. The fourth-order valence-corrected chi connectivity index (χ4v) is 1.23. The topological polar surface area (TPSA) is 79.1 Å². The molecule has 0 bridgehead atoms. The minimum Gasteiger partial charge on any atom is -0.478 e. The maximum Gasteiger partial charge on any atom is 0.339 e. The molecule has 2 rings (SSSR count). The van der Waals surface area contributed by atoms with Gasteiger partial charge < -0.3 is 9.52 Å². The molecule has 0 spiro atoms. The van der Waals surface area contributed by atoms with E-state index in [9.17, 15) is 4.79 Å². The summed E-state index contributed by atoms with van der Waals surface area (Å²) < 4.78 is 5.05. The molecule has 0 fully saturated rings. The summed E-state index contributed by atoms with van der Waals surface area (Å²) in [5.74, 6) is -0.717. The van der Waals surface area contributed by atoms with E-state index in [1.54, 1.807) is 6.07 Å². The molecule has 0 saturated heterocycles. The molecular weight excluding hydrogens is 208 g/mol. The van der Waals surface area contributed by atoms with Crippen LogP contribution in [0.5, 0.6) is 0 Å². The van der Waals surface area contributed by atoms with E-state index in [2.05, 4.69) is 10.2 Å². The highest BCUT2D eigenvalue weighted by Gasteiger charge is 2.16. The van der Waals surface area contributed by atoms with Crippen molar-refractivity contribution in [1.29, 1.82) is 0 Å². The van der Waals surface area contributed by atoms with Gasteiger partial charge in [-0.2, -0.15) is 5.10 Å². The Balaban J connectivity index is 2.51. The molecule has 14 heavy (non-hydrogen) atoms. The molecule has 2 heterocycles. The molecule has 0 aliphatic rings. The van der Waals surface area contributed by atoms with Crippen molar-refractivity contribution < 1.29 is 14.3 Å². The number of carboxylic acids is 1. The first-order valence-electron chi connectivity index (χ1n) is 3.71. The number of nitrogens with zero attached hydrogens (tertiary/aromatic N) is 1. The van der Waals surface area contributed by atoms with E-state index in [1.807, 2.05) is 0 Å². The number of carboxylic acid groups (broad SMARTS) is 1. The fraction of sp³-hybridized carbons (Fsp3) is 0. The average Bonchev–Trinajstić information content (AvgIpc) is 2.70. The number of hydrogen-bond acceptors (Lipinski definition) is 3. The lowest BCUT2D eigenvalue weighted by molar-refractivity contribution is 0.0697. The standard InChI is InChI=1S/C8H5ClN2O3/c9-6-2-1-5(14-6)7-4(8(12)13)3-10-11-7/h1-3H,(H,10,11)(H,12,13). The van der Waals surface area contributed by atoms with Crippen molar-refractivity contribution in [2.45, 2.75) is 0 Å². The highest BCUT2D eigenvalue weighted by atomic mass is 35.5. The molecule has 0 atom stereocenters. The van der Waals surface area contributed by atoms with Gasteiger partial charge in [0.25, 0.3) is 0 Å². The van der Waals surface area contributed by atoms with E-state index in [0.717, 1.165) is 0 Å². The first kappa shape index (κ1) is 8.83. The summed E-state index contributed by atoms with van der Waals surface area (Å²) in [7, 11) is 0. The Hall–Kier alpha value is -1.75. The fourth-order valence-electron chi connectivity index (χ4n) is 1.08. The van der Waals surface area contributed by atoms with Crippen LogP contribution in [0.2, 0.25) is 5.22 Å². The summed E-state index contributed by atoms with van der Waals surface area (Å²) >= 11 is 5.56. The van der Waals surface area contributed by atoms with Gasteiger partial charge in [0.05, 0.1) is 6.20 Å². The van der Waals surface area contributed by atoms with Crippen LogP contribution in [0.4, 0.5) is 0 Å². The van der Waals surface area contributed by atoms with Crippen molar-refractivity contribution in [1.82, 2.24) is 10.2 Å². The molecule has 0 aliphatic carbocycles. The first-order chi connectivity index (χ1) is 6.68. The maximum absolute atomic E-state index is 10.7. The Bertz CT molecular complexity index is 474. The van der Waals surface area contributed by atoms with Crippen molar-refractivity contribution in [3.05, 3.63) is 29.1 Å². The molecule has 72 valence electrons. The zero-order valence-corrected chi connectivity index (χ0v) is 7.58. The number of rotatable bonds is 2. The number of carbonyl (C=O) groups is 1. The third-order valence-corrected chi connectivity index (χ3v) is 1.89. The number of furan rings is 1. The Morgan fingerprint density at radius 2 is 2.36 bits per heavy atom. The van der Waals surface area contributed by atoms with Gasteiger partial charge in [-0.05, 0) is 23.7 Å². The van der Waals surface area contributed by atoms with Crippen molar-refractivity contribution in [2.24, 2.45) is 0 Å². The molecule has 5 nitrogen and oxygen atoms in total. The smallest absolute Gasteiger partial charge is 0.339 e. The Labute approximate surface area is 83.3 Å². The quantitative estimate of drug-likeness (QED) is 0.798. The molecule has 0 saturated carbocycles. The third-order valence-electron chi connectivity index (χ3n) is 1.69. The number of aromatic amines is 1. The third kappa shape index (κ3) is 1.38. The van der Waals surface area contributed by atoms with E-state index in [-0.39, 0.29) is 10.8 Å². The lowest BCUT2D eigenvalue weighted by Crippen LogP contribution is -1.95. The summed E-state index contributed by atoms with van der Waals surface area (Å²) in [6.07, 6.45) is 1.22. The van der Waals surface area contributed by atoms with Crippen LogP contribution in [-0.4, -0.2) is 21.3 Å². The second kappa shape index (κ2) is 3.19. The number of hydrogen-bond donors (Lipinski definition) is 2. The minimum absolute atomic E-state index is 0.0519. The van der Waals surface area contributed by atoms with Crippen LogP contribution < -0.4 is 0 Å². The molecule has 2 aromatic rings. The van der Waals surface area contributed by atoms with Crippen LogP contribution in [-0.2, 0) is 0 Å². The van der Waals surface area contributed by atoms with E-state index in [0.29, 0.717) is 11.5 Å². The first-order valence-corrected chi connectivity index (χ1v) is 4.08. The number of aromatic nitrogens is 2. The van der Waals surface area contributed by atoms with E-state index >= 15 is 0 Å². The van der Waals surface area contributed by atoms with Crippen LogP contribution in [0.25, 0.3) is 11.5 Å². The van der Waals surface area contributed by atoms with E-state index in [4.69, 9.17) is 21.1 Å². The summed E-state index contributed by atoms with van der Waals surface area (Å²) in [4.78, 5) is 10.7.